The number of nitrogens with zero attached hydrogens (tertiary/aromatic N) is 2. The topological polar surface area (TPSA) is 70.1 Å². The Hall–Kier alpha value is -4.42. The van der Waals surface area contributed by atoms with Crippen molar-refractivity contribution >= 4 is 17.5 Å². The van der Waals surface area contributed by atoms with Crippen molar-refractivity contribution in [1.82, 2.24) is 4.90 Å². The van der Waals surface area contributed by atoms with Crippen LogP contribution in [0.4, 0.5) is 5.69 Å². The summed E-state index contributed by atoms with van der Waals surface area (Å²) >= 11 is 0. The van der Waals surface area contributed by atoms with Gasteiger partial charge in [0.15, 0.2) is 0 Å². The summed E-state index contributed by atoms with van der Waals surface area (Å²) in [6.45, 7) is 4.24. The number of ether oxygens (including phenoxy) is 1. The van der Waals surface area contributed by atoms with Gasteiger partial charge < -0.3 is 19.6 Å². The average Bonchev–Trinajstić information content (AvgIpc) is 3.00. The number of benzene rings is 4. The molecule has 208 valence electrons. The third kappa shape index (κ3) is 4.21. The number of hydrogen-bond acceptors (Lipinski definition) is 4. The first kappa shape index (κ1) is 26.8. The largest absolute Gasteiger partial charge is 0.496 e. The van der Waals surface area contributed by atoms with E-state index < -0.39 is 11.5 Å². The Bertz CT molecular complexity index is 1610. The molecule has 1 spiro atoms. The number of anilines is 1. The Morgan fingerprint density at radius 2 is 1.59 bits per heavy atom. The zero-order valence-electron chi connectivity index (χ0n) is 23.6. The van der Waals surface area contributed by atoms with E-state index in [-0.39, 0.29) is 31.0 Å². The van der Waals surface area contributed by atoms with Crippen LogP contribution in [0.3, 0.4) is 0 Å². The molecular weight excluding hydrogens is 512 g/mol. The molecule has 6 rings (SSSR count). The van der Waals surface area contributed by atoms with Crippen LogP contribution in [0.2, 0.25) is 0 Å². The molecule has 41 heavy (non-hydrogen) atoms. The molecule has 2 amide bonds. The van der Waals surface area contributed by atoms with E-state index in [1.165, 1.54) is 0 Å². The average molecular weight is 547 g/mol. The van der Waals surface area contributed by atoms with Crippen LogP contribution in [0.15, 0.2) is 97.1 Å². The lowest BCUT2D eigenvalue weighted by Gasteiger charge is -2.54. The Morgan fingerprint density at radius 3 is 2.32 bits per heavy atom. The molecule has 0 fully saturated rings. The van der Waals surface area contributed by atoms with Crippen LogP contribution in [0.25, 0.3) is 0 Å². The van der Waals surface area contributed by atoms with Crippen LogP contribution in [-0.2, 0) is 29.8 Å². The molecule has 2 aliphatic rings. The number of fused-ring (bicyclic) bond motifs is 3. The maximum Gasteiger partial charge on any atom is 0.255 e. The highest BCUT2D eigenvalue weighted by Gasteiger charge is 2.59. The minimum atomic E-state index is -1.08. The highest BCUT2D eigenvalue weighted by Crippen LogP contribution is 2.54. The second-order valence-electron chi connectivity index (χ2n) is 11.1. The predicted octanol–water partition coefficient (Wildman–Crippen LogP) is 5.82. The first-order valence-corrected chi connectivity index (χ1v) is 14.0. The van der Waals surface area contributed by atoms with Crippen molar-refractivity contribution in [3.05, 3.63) is 130 Å². The number of para-hydroxylation sites is 2. The molecule has 0 aromatic heterocycles. The fourth-order valence-corrected chi connectivity index (χ4v) is 6.73. The van der Waals surface area contributed by atoms with E-state index in [1.54, 1.807) is 7.11 Å². The van der Waals surface area contributed by atoms with Gasteiger partial charge in [0.2, 0.25) is 5.91 Å². The molecule has 2 atom stereocenters. The van der Waals surface area contributed by atoms with Crippen molar-refractivity contribution in [2.45, 2.75) is 50.9 Å². The Morgan fingerprint density at radius 1 is 0.902 bits per heavy atom. The van der Waals surface area contributed by atoms with Gasteiger partial charge in [-0.05, 0) is 60.7 Å². The third-order valence-electron chi connectivity index (χ3n) is 8.53. The summed E-state index contributed by atoms with van der Waals surface area (Å²) in [7, 11) is 1.63. The number of aliphatic hydroxyl groups excluding tert-OH is 1. The van der Waals surface area contributed by atoms with E-state index in [0.29, 0.717) is 17.7 Å². The molecule has 0 bridgehead atoms. The lowest BCUT2D eigenvalue weighted by atomic mass is 9.61. The van der Waals surface area contributed by atoms with Gasteiger partial charge in [0.25, 0.3) is 5.91 Å². The number of methoxy groups -OCH3 is 1. The van der Waals surface area contributed by atoms with Crippen molar-refractivity contribution < 1.29 is 19.4 Å². The summed E-state index contributed by atoms with van der Waals surface area (Å²) < 4.78 is 5.68. The molecule has 4 aromatic rings. The Balaban J connectivity index is 1.66. The van der Waals surface area contributed by atoms with E-state index in [1.807, 2.05) is 115 Å². The zero-order chi connectivity index (χ0) is 28.7. The van der Waals surface area contributed by atoms with Gasteiger partial charge in [-0.25, -0.2) is 0 Å². The number of hydrogen-bond donors (Lipinski definition) is 1. The van der Waals surface area contributed by atoms with Crippen LogP contribution in [0.5, 0.6) is 5.75 Å². The smallest absolute Gasteiger partial charge is 0.255 e. The molecule has 2 aliphatic heterocycles. The molecule has 0 saturated carbocycles. The maximum atomic E-state index is 15.1. The Labute approximate surface area is 240 Å². The quantitative estimate of drug-likeness (QED) is 0.331. The van der Waals surface area contributed by atoms with Crippen molar-refractivity contribution in [3.8, 4) is 5.75 Å². The summed E-state index contributed by atoms with van der Waals surface area (Å²) in [5, 5.41) is 9.77. The number of amides is 2. The monoisotopic (exact) mass is 546 g/mol. The molecule has 6 heteroatoms. The van der Waals surface area contributed by atoms with Gasteiger partial charge in [-0.3, -0.25) is 9.59 Å². The molecule has 0 unspecified atom stereocenters. The molecule has 0 radical (unpaired) electrons. The fraction of sp³-hybridized carbons (Fsp3) is 0.257. The summed E-state index contributed by atoms with van der Waals surface area (Å²) in [6.07, 6.45) is 0.449. The van der Waals surface area contributed by atoms with Gasteiger partial charge >= 0.3 is 0 Å². The zero-order valence-corrected chi connectivity index (χ0v) is 23.6. The molecule has 6 nitrogen and oxygen atoms in total. The second-order valence-corrected chi connectivity index (χ2v) is 11.1. The van der Waals surface area contributed by atoms with E-state index in [0.717, 1.165) is 33.5 Å². The summed E-state index contributed by atoms with van der Waals surface area (Å²) in [6, 6.07) is 30.3. The summed E-state index contributed by atoms with van der Waals surface area (Å²) in [5.74, 6) is 0.537. The van der Waals surface area contributed by atoms with E-state index in [9.17, 15) is 9.90 Å². The first-order chi connectivity index (χ1) is 19.9. The number of carbonyl (C=O) groups excluding carboxylic acids is 2. The molecule has 0 saturated heterocycles. The van der Waals surface area contributed by atoms with Crippen LogP contribution in [-0.4, -0.2) is 35.0 Å². The van der Waals surface area contributed by atoms with Crippen molar-refractivity contribution in [3.63, 3.8) is 0 Å². The van der Waals surface area contributed by atoms with Crippen molar-refractivity contribution in [1.29, 1.82) is 0 Å². The third-order valence-corrected chi connectivity index (χ3v) is 8.53. The second kappa shape index (κ2) is 10.5. The van der Waals surface area contributed by atoms with Crippen LogP contribution < -0.4 is 9.64 Å². The van der Waals surface area contributed by atoms with Crippen LogP contribution in [0.1, 0.15) is 58.1 Å². The minimum absolute atomic E-state index is 0.0209. The summed E-state index contributed by atoms with van der Waals surface area (Å²) in [4.78, 5) is 33.3. The molecule has 0 aliphatic carbocycles. The van der Waals surface area contributed by atoms with E-state index in [2.05, 4.69) is 6.07 Å². The van der Waals surface area contributed by atoms with Gasteiger partial charge in [0, 0.05) is 22.9 Å². The van der Waals surface area contributed by atoms with Gasteiger partial charge in [-0.1, -0.05) is 78.9 Å². The molecule has 2 heterocycles. The van der Waals surface area contributed by atoms with Crippen LogP contribution >= 0.6 is 0 Å². The van der Waals surface area contributed by atoms with Gasteiger partial charge in [0.05, 0.1) is 26.3 Å². The SMILES string of the molecule is COc1ccccc1CN1C(=O)c2ccccc2[C@@]2(Cc3ccccc3N(C(C)C)C2=O)[C@@H]1c1ccc(CO)cc1. The van der Waals surface area contributed by atoms with Crippen LogP contribution in [0, 0.1) is 0 Å². The number of aliphatic hydroxyl groups is 1. The predicted molar refractivity (Wildman–Crippen MR) is 159 cm³/mol. The van der Waals surface area contributed by atoms with Gasteiger partial charge in [-0.2, -0.15) is 0 Å². The van der Waals surface area contributed by atoms with Crippen molar-refractivity contribution in [2.75, 3.05) is 12.0 Å². The fourth-order valence-electron chi connectivity index (χ4n) is 6.73. The van der Waals surface area contributed by atoms with Gasteiger partial charge in [0.1, 0.15) is 11.2 Å². The van der Waals surface area contributed by atoms with E-state index in [4.69, 9.17) is 4.74 Å². The maximum absolute atomic E-state index is 15.1. The van der Waals surface area contributed by atoms with E-state index >= 15 is 4.79 Å². The lowest BCUT2D eigenvalue weighted by Crippen LogP contribution is -2.63. The normalized spacial score (nSPS) is 19.9. The lowest BCUT2D eigenvalue weighted by molar-refractivity contribution is -0.128. The molecular formula is C35H34N2O4. The van der Waals surface area contributed by atoms with Crippen molar-refractivity contribution in [2.24, 2.45) is 0 Å². The molecule has 4 aromatic carbocycles. The first-order valence-electron chi connectivity index (χ1n) is 14.0. The summed E-state index contributed by atoms with van der Waals surface area (Å²) in [5.41, 5.74) is 4.68. The number of rotatable bonds is 6. The number of carbonyl (C=O) groups is 2. The Kier molecular flexibility index (Phi) is 6.88. The minimum Gasteiger partial charge on any atom is -0.496 e. The highest BCUT2D eigenvalue weighted by molar-refractivity contribution is 6.10. The standard InChI is InChI=1S/C35H34N2O4/c1-23(2)37-30-14-8-4-10-26(30)20-35(34(37)40)29-13-7-6-12-28(29)33(39)36(21-27-11-5-9-15-31(27)41-3)32(35)25-18-16-24(22-38)17-19-25/h4-19,23,32,38H,20-22H2,1-3H3/t32-,35-/m0/s1. The van der Waals surface area contributed by atoms with Gasteiger partial charge in [-0.15, -0.1) is 0 Å². The highest BCUT2D eigenvalue weighted by atomic mass is 16.5. The molecule has 1 N–H and O–H groups in total.